The molecular weight excluding hydrogens is 337 g/mol. The molecule has 0 unspecified atom stereocenters. The number of hydrogen-bond acceptors (Lipinski definition) is 4. The number of nitro groups is 1. The number of benzene rings is 1. The molecule has 0 bridgehead atoms. The predicted molar refractivity (Wildman–Crippen MR) is 71.2 cm³/mol. The number of nitrogens with zero attached hydrogens (tertiary/aromatic N) is 2. The second-order valence-electron chi connectivity index (χ2n) is 3.89. The van der Waals surface area contributed by atoms with E-state index in [1.807, 2.05) is 4.98 Å². The molecule has 0 aliphatic carbocycles. The molecule has 0 saturated heterocycles. The minimum atomic E-state index is -1.09. The average molecular weight is 344 g/mol. The second kappa shape index (κ2) is 5.37. The Labute approximate surface area is 119 Å². The summed E-state index contributed by atoms with van der Waals surface area (Å²) in [5.74, 6) is -0.561. The molecule has 1 N–H and O–H groups in total. The standard InChI is InChI=1S/C11H7BrFN3O4/c12-7-1-2-8(13)6(3-7)4-15-5-9(16(19)20)10(17)14-11(15)18/h1-3,5H,4H2,(H,14,17,18). The molecule has 1 heterocycles. The Morgan fingerprint density at radius 3 is 2.75 bits per heavy atom. The lowest BCUT2D eigenvalue weighted by Gasteiger charge is -2.06. The number of halogens is 2. The summed E-state index contributed by atoms with van der Waals surface area (Å²) < 4.78 is 15.0. The number of hydrogen-bond donors (Lipinski definition) is 1. The molecule has 7 nitrogen and oxygen atoms in total. The van der Waals surface area contributed by atoms with Crippen LogP contribution in [0.25, 0.3) is 0 Å². The maximum atomic E-state index is 13.6. The molecule has 0 saturated carbocycles. The van der Waals surface area contributed by atoms with Crippen LogP contribution in [0.2, 0.25) is 0 Å². The van der Waals surface area contributed by atoms with Crippen molar-refractivity contribution in [2.24, 2.45) is 0 Å². The van der Waals surface area contributed by atoms with Crippen LogP contribution in [0.1, 0.15) is 5.56 Å². The van der Waals surface area contributed by atoms with Gasteiger partial charge in [-0.25, -0.2) is 9.18 Å². The van der Waals surface area contributed by atoms with Gasteiger partial charge >= 0.3 is 16.9 Å². The van der Waals surface area contributed by atoms with Crippen molar-refractivity contribution < 1.29 is 9.31 Å². The van der Waals surface area contributed by atoms with Gasteiger partial charge in [0, 0.05) is 10.0 Å². The quantitative estimate of drug-likeness (QED) is 0.672. The molecule has 1 aromatic heterocycles. The highest BCUT2D eigenvalue weighted by Crippen LogP contribution is 2.16. The van der Waals surface area contributed by atoms with Crippen LogP contribution in [0, 0.1) is 15.9 Å². The Hall–Kier alpha value is -2.29. The highest BCUT2D eigenvalue weighted by Gasteiger charge is 2.15. The van der Waals surface area contributed by atoms with Crippen LogP contribution in [-0.2, 0) is 6.54 Å². The number of nitrogens with one attached hydrogen (secondary N) is 1. The molecule has 0 amide bonds. The Balaban J connectivity index is 2.51. The molecule has 9 heteroatoms. The highest BCUT2D eigenvalue weighted by atomic mass is 79.9. The molecule has 0 atom stereocenters. The lowest BCUT2D eigenvalue weighted by Crippen LogP contribution is -2.31. The maximum Gasteiger partial charge on any atom is 0.350 e. The third-order valence-electron chi connectivity index (χ3n) is 2.54. The van der Waals surface area contributed by atoms with Crippen LogP contribution >= 0.6 is 15.9 Å². The van der Waals surface area contributed by atoms with Gasteiger partial charge in [0.15, 0.2) is 0 Å². The van der Waals surface area contributed by atoms with E-state index in [2.05, 4.69) is 15.9 Å². The van der Waals surface area contributed by atoms with Gasteiger partial charge in [0.25, 0.3) is 0 Å². The van der Waals surface area contributed by atoms with Gasteiger partial charge in [-0.15, -0.1) is 0 Å². The molecule has 2 rings (SSSR count). The summed E-state index contributed by atoms with van der Waals surface area (Å²) in [7, 11) is 0. The molecule has 0 aliphatic heterocycles. The van der Waals surface area contributed by atoms with Crippen LogP contribution in [0.4, 0.5) is 10.1 Å². The lowest BCUT2D eigenvalue weighted by molar-refractivity contribution is -0.386. The van der Waals surface area contributed by atoms with E-state index in [1.165, 1.54) is 18.2 Å². The van der Waals surface area contributed by atoms with E-state index in [0.29, 0.717) is 4.47 Å². The monoisotopic (exact) mass is 343 g/mol. The van der Waals surface area contributed by atoms with E-state index < -0.39 is 27.7 Å². The van der Waals surface area contributed by atoms with Gasteiger partial charge in [-0.2, -0.15) is 0 Å². The third kappa shape index (κ3) is 2.82. The van der Waals surface area contributed by atoms with E-state index in [0.717, 1.165) is 10.8 Å². The fourth-order valence-corrected chi connectivity index (χ4v) is 2.00. The first kappa shape index (κ1) is 14.1. The molecule has 0 fully saturated rings. The van der Waals surface area contributed by atoms with Crippen molar-refractivity contribution in [3.05, 3.63) is 71.2 Å². The molecular formula is C11H7BrFN3O4. The van der Waals surface area contributed by atoms with Crippen LogP contribution in [0.15, 0.2) is 38.5 Å². The molecule has 0 radical (unpaired) electrons. The van der Waals surface area contributed by atoms with Crippen molar-refractivity contribution in [2.45, 2.75) is 6.54 Å². The smallest absolute Gasteiger partial charge is 0.289 e. The van der Waals surface area contributed by atoms with Gasteiger partial charge < -0.3 is 0 Å². The molecule has 1 aromatic carbocycles. The fourth-order valence-electron chi connectivity index (χ4n) is 1.59. The third-order valence-corrected chi connectivity index (χ3v) is 3.03. The van der Waals surface area contributed by atoms with Crippen molar-refractivity contribution in [2.75, 3.05) is 0 Å². The Bertz CT molecular complexity index is 799. The van der Waals surface area contributed by atoms with Crippen LogP contribution in [0.3, 0.4) is 0 Å². The molecule has 0 spiro atoms. The fraction of sp³-hybridized carbons (Fsp3) is 0.0909. The average Bonchev–Trinajstić information content (AvgIpc) is 2.36. The van der Waals surface area contributed by atoms with Gasteiger partial charge in [0.2, 0.25) is 0 Å². The molecule has 2 aromatic rings. The van der Waals surface area contributed by atoms with Gasteiger partial charge in [-0.3, -0.25) is 24.5 Å². The minimum Gasteiger partial charge on any atom is -0.289 e. The molecule has 0 aliphatic rings. The van der Waals surface area contributed by atoms with Crippen molar-refractivity contribution in [1.82, 2.24) is 9.55 Å². The van der Waals surface area contributed by atoms with E-state index in [9.17, 15) is 24.1 Å². The first-order valence-corrected chi connectivity index (χ1v) is 6.10. The lowest BCUT2D eigenvalue weighted by atomic mass is 10.2. The zero-order chi connectivity index (χ0) is 14.9. The van der Waals surface area contributed by atoms with E-state index in [-0.39, 0.29) is 12.1 Å². The summed E-state index contributed by atoms with van der Waals surface area (Å²) in [6.07, 6.45) is 0.793. The number of aromatic amines is 1. The van der Waals surface area contributed by atoms with Gasteiger partial charge in [0.1, 0.15) is 5.82 Å². The molecule has 104 valence electrons. The summed E-state index contributed by atoms with van der Waals surface area (Å²) in [6.45, 7) is -0.234. The Kier molecular flexibility index (Phi) is 3.79. The van der Waals surface area contributed by atoms with Crippen LogP contribution in [0.5, 0.6) is 0 Å². The van der Waals surface area contributed by atoms with Crippen LogP contribution < -0.4 is 11.2 Å². The zero-order valence-electron chi connectivity index (χ0n) is 9.80. The van der Waals surface area contributed by atoms with Crippen molar-refractivity contribution in [3.63, 3.8) is 0 Å². The van der Waals surface area contributed by atoms with E-state index in [1.54, 1.807) is 0 Å². The topological polar surface area (TPSA) is 98.0 Å². The number of rotatable bonds is 3. The first-order valence-electron chi connectivity index (χ1n) is 5.30. The zero-order valence-corrected chi connectivity index (χ0v) is 11.4. The van der Waals surface area contributed by atoms with E-state index >= 15 is 0 Å². The van der Waals surface area contributed by atoms with Crippen molar-refractivity contribution in [1.29, 1.82) is 0 Å². The first-order chi connectivity index (χ1) is 9.38. The summed E-state index contributed by atoms with van der Waals surface area (Å²) in [4.78, 5) is 34.3. The predicted octanol–water partition coefficient (Wildman–Crippen LogP) is 1.39. The summed E-state index contributed by atoms with van der Waals surface area (Å²) >= 11 is 3.16. The highest BCUT2D eigenvalue weighted by molar-refractivity contribution is 9.10. The van der Waals surface area contributed by atoms with Gasteiger partial charge in [-0.05, 0) is 18.2 Å². The van der Waals surface area contributed by atoms with Crippen molar-refractivity contribution in [3.8, 4) is 0 Å². The minimum absolute atomic E-state index is 0.155. The van der Waals surface area contributed by atoms with Crippen molar-refractivity contribution >= 4 is 21.6 Å². The van der Waals surface area contributed by atoms with E-state index in [4.69, 9.17) is 0 Å². The summed E-state index contributed by atoms with van der Waals surface area (Å²) in [5, 5.41) is 10.6. The van der Waals surface area contributed by atoms with Gasteiger partial charge in [-0.1, -0.05) is 15.9 Å². The van der Waals surface area contributed by atoms with Crippen LogP contribution in [-0.4, -0.2) is 14.5 Å². The Morgan fingerprint density at radius 1 is 1.40 bits per heavy atom. The largest absolute Gasteiger partial charge is 0.350 e. The SMILES string of the molecule is O=c1[nH]c(=O)n(Cc2cc(Br)ccc2F)cc1[N+](=O)[O-]. The molecule has 20 heavy (non-hydrogen) atoms. The summed E-state index contributed by atoms with van der Waals surface area (Å²) in [5.41, 5.74) is -2.56. The second-order valence-corrected chi connectivity index (χ2v) is 4.81. The number of aromatic nitrogens is 2. The van der Waals surface area contributed by atoms with Gasteiger partial charge in [0.05, 0.1) is 17.7 Å². The number of H-pyrrole nitrogens is 1. The Morgan fingerprint density at radius 2 is 2.10 bits per heavy atom. The normalized spacial score (nSPS) is 10.5. The summed E-state index contributed by atoms with van der Waals surface area (Å²) in [6, 6.07) is 4.13. The maximum absolute atomic E-state index is 13.6.